The largest absolute Gasteiger partial charge is 0.504 e. The lowest BCUT2D eigenvalue weighted by Gasteiger charge is -2.41. The molecule has 0 aliphatic heterocycles. The van der Waals surface area contributed by atoms with E-state index in [1.165, 1.54) is 42.5 Å². The fraction of sp³-hybridized carbons (Fsp3) is 0.345. The number of phenolic OH excluding ortho intramolecular Hbond substituents is 4. The van der Waals surface area contributed by atoms with Crippen molar-refractivity contribution < 1.29 is 54.5 Å². The van der Waals surface area contributed by atoms with E-state index in [0.717, 1.165) is 25.0 Å². The van der Waals surface area contributed by atoms with Gasteiger partial charge in [0, 0.05) is 31.0 Å². The Morgan fingerprint density at radius 2 is 1.54 bits per heavy atom. The molecule has 4 rings (SSSR count). The highest BCUT2D eigenvalue weighted by molar-refractivity contribution is 5.88. The first kappa shape index (κ1) is 29.4. The number of phenols is 4. The van der Waals surface area contributed by atoms with Crippen molar-refractivity contribution in [1.29, 1.82) is 0 Å². The smallest absolute Gasteiger partial charge is 0.331 e. The van der Waals surface area contributed by atoms with Gasteiger partial charge in [0.25, 0.3) is 5.91 Å². The molecule has 12 nitrogen and oxygen atoms in total. The van der Waals surface area contributed by atoms with E-state index < -0.39 is 60.3 Å². The Morgan fingerprint density at radius 3 is 2.20 bits per heavy atom. The maximum absolute atomic E-state index is 12.7. The highest BCUT2D eigenvalue weighted by Gasteiger charge is 2.52. The van der Waals surface area contributed by atoms with Crippen molar-refractivity contribution in [2.24, 2.45) is 0 Å². The van der Waals surface area contributed by atoms with E-state index in [4.69, 9.17) is 9.47 Å². The van der Waals surface area contributed by atoms with Gasteiger partial charge in [-0.15, -0.1) is 0 Å². The van der Waals surface area contributed by atoms with Crippen LogP contribution >= 0.6 is 0 Å². The molecule has 4 atom stereocenters. The zero-order valence-corrected chi connectivity index (χ0v) is 21.8. The number of aliphatic hydroxyl groups is 2. The van der Waals surface area contributed by atoms with Gasteiger partial charge in [-0.2, -0.15) is 0 Å². The number of benzene rings is 2. The molecule has 7 N–H and O–H groups in total. The normalized spacial score (nSPS) is 24.3. The van der Waals surface area contributed by atoms with Crippen LogP contribution in [0.3, 0.4) is 0 Å². The van der Waals surface area contributed by atoms with Crippen LogP contribution in [-0.2, 0) is 30.3 Å². The average molecular weight is 570 g/mol. The third-order valence-corrected chi connectivity index (χ3v) is 6.75. The van der Waals surface area contributed by atoms with Crippen LogP contribution in [0.25, 0.3) is 6.08 Å². The Hall–Kier alpha value is -4.55. The molecule has 2 aliphatic carbocycles. The van der Waals surface area contributed by atoms with Crippen LogP contribution in [0.4, 0.5) is 0 Å². The van der Waals surface area contributed by atoms with Gasteiger partial charge < -0.3 is 45.4 Å². The van der Waals surface area contributed by atoms with Crippen molar-refractivity contribution >= 4 is 23.9 Å². The summed E-state index contributed by atoms with van der Waals surface area (Å²) in [7, 11) is 0. The van der Waals surface area contributed by atoms with Gasteiger partial charge >= 0.3 is 11.9 Å². The Bertz CT molecular complexity index is 1370. The van der Waals surface area contributed by atoms with Crippen LogP contribution in [0.5, 0.6) is 23.0 Å². The lowest BCUT2D eigenvalue weighted by molar-refractivity contribution is -0.198. The predicted octanol–water partition coefficient (Wildman–Crippen LogP) is 1.31. The lowest BCUT2D eigenvalue weighted by atomic mass is 9.78. The fourth-order valence-electron chi connectivity index (χ4n) is 4.40. The maximum atomic E-state index is 12.7. The van der Waals surface area contributed by atoms with Crippen LogP contribution in [0.1, 0.15) is 36.8 Å². The summed E-state index contributed by atoms with van der Waals surface area (Å²) in [5.41, 5.74) is -1.13. The van der Waals surface area contributed by atoms with Gasteiger partial charge in [0.1, 0.15) is 11.7 Å². The molecule has 0 aromatic heterocycles. The molecule has 2 aliphatic rings. The molecule has 0 saturated heterocycles. The van der Waals surface area contributed by atoms with Crippen molar-refractivity contribution in [2.45, 2.75) is 62.1 Å². The summed E-state index contributed by atoms with van der Waals surface area (Å²) in [4.78, 5) is 38.0. The zero-order valence-electron chi connectivity index (χ0n) is 21.8. The molecule has 2 aromatic rings. The summed E-state index contributed by atoms with van der Waals surface area (Å²) in [6.07, 6.45) is 1.24. The number of hydrogen-bond acceptors (Lipinski definition) is 11. The van der Waals surface area contributed by atoms with Gasteiger partial charge in [-0.1, -0.05) is 18.2 Å². The van der Waals surface area contributed by atoms with Gasteiger partial charge in [-0.05, 0) is 60.7 Å². The van der Waals surface area contributed by atoms with E-state index >= 15 is 0 Å². The van der Waals surface area contributed by atoms with E-state index in [2.05, 4.69) is 5.32 Å². The monoisotopic (exact) mass is 569 g/mol. The second kappa shape index (κ2) is 12.3. The van der Waals surface area contributed by atoms with Gasteiger partial charge in [0.2, 0.25) is 0 Å². The third kappa shape index (κ3) is 7.77. The molecular formula is C29H31NO11. The Kier molecular flexibility index (Phi) is 8.84. The molecule has 1 amide bonds. The van der Waals surface area contributed by atoms with Crippen LogP contribution in [0, 0.1) is 0 Å². The minimum absolute atomic E-state index is 0.0769. The van der Waals surface area contributed by atoms with Crippen molar-refractivity contribution in [3.63, 3.8) is 0 Å². The van der Waals surface area contributed by atoms with Crippen LogP contribution in [0.15, 0.2) is 54.6 Å². The number of allylic oxidation sites excluding steroid dienone is 1. The molecule has 12 heteroatoms. The molecule has 41 heavy (non-hydrogen) atoms. The van der Waals surface area contributed by atoms with E-state index in [9.17, 15) is 45.0 Å². The predicted molar refractivity (Wildman–Crippen MR) is 143 cm³/mol. The third-order valence-electron chi connectivity index (χ3n) is 6.75. The molecule has 0 unspecified atom stereocenters. The number of nitrogens with one attached hydrogen (secondary N) is 1. The summed E-state index contributed by atoms with van der Waals surface area (Å²) >= 11 is 0. The van der Waals surface area contributed by atoms with E-state index in [-0.39, 0.29) is 29.7 Å². The van der Waals surface area contributed by atoms with Gasteiger partial charge in [-0.25, -0.2) is 9.59 Å². The first-order valence-electron chi connectivity index (χ1n) is 12.9. The highest BCUT2D eigenvalue weighted by atomic mass is 16.6. The van der Waals surface area contributed by atoms with Gasteiger partial charge in [0.05, 0.1) is 6.10 Å². The number of carbonyl (C=O) groups is 3. The Balaban J connectivity index is 1.46. The van der Waals surface area contributed by atoms with E-state index in [0.29, 0.717) is 11.1 Å². The molecule has 0 radical (unpaired) electrons. The molecule has 218 valence electrons. The number of rotatable bonds is 9. The van der Waals surface area contributed by atoms with Gasteiger partial charge in [0.15, 0.2) is 29.1 Å². The first-order chi connectivity index (χ1) is 19.4. The molecule has 2 fully saturated rings. The Labute approximate surface area is 234 Å². The number of aliphatic hydroxyl groups excluding tert-OH is 1. The average Bonchev–Trinajstić information content (AvgIpc) is 3.73. The molecule has 2 aromatic carbocycles. The number of ether oxygens (including phenoxy) is 2. The van der Waals surface area contributed by atoms with Crippen molar-refractivity contribution in [3.8, 4) is 23.0 Å². The van der Waals surface area contributed by atoms with Gasteiger partial charge in [-0.3, -0.25) is 4.79 Å². The maximum Gasteiger partial charge on any atom is 0.331 e. The topological polar surface area (TPSA) is 203 Å². The summed E-state index contributed by atoms with van der Waals surface area (Å²) < 4.78 is 10.8. The molecular weight excluding hydrogens is 538 g/mol. The lowest BCUT2D eigenvalue weighted by Crippen LogP contribution is -2.60. The minimum Gasteiger partial charge on any atom is -0.504 e. The summed E-state index contributed by atoms with van der Waals surface area (Å²) in [6.45, 7) is 0. The molecule has 0 spiro atoms. The van der Waals surface area contributed by atoms with Crippen LogP contribution < -0.4 is 5.32 Å². The molecule has 0 heterocycles. The fourth-order valence-corrected chi connectivity index (χ4v) is 4.40. The van der Waals surface area contributed by atoms with Crippen molar-refractivity contribution in [2.75, 3.05) is 0 Å². The van der Waals surface area contributed by atoms with Crippen LogP contribution in [0.2, 0.25) is 0 Å². The number of aromatic hydroxyl groups is 4. The number of esters is 2. The highest BCUT2D eigenvalue weighted by Crippen LogP contribution is 2.34. The second-order valence-electron chi connectivity index (χ2n) is 10.1. The minimum atomic E-state index is -2.08. The summed E-state index contributed by atoms with van der Waals surface area (Å²) in [5, 5.41) is 62.6. The quantitative estimate of drug-likeness (QED) is 0.130. The summed E-state index contributed by atoms with van der Waals surface area (Å²) in [5.74, 6) is -3.89. The molecule has 0 bridgehead atoms. The summed E-state index contributed by atoms with van der Waals surface area (Å²) in [6, 6.07) is 7.96. The number of carbonyl (C=O) groups excluding carboxylic acids is 3. The van der Waals surface area contributed by atoms with Crippen molar-refractivity contribution in [1.82, 2.24) is 5.32 Å². The first-order valence-corrected chi connectivity index (χ1v) is 12.9. The standard InChI is InChI=1S/C29H31NO11/c31-19-9-4-16(12-21(19)33)2-1-3-25(36)40-24-15-29(39,28(38)30-18-7-8-18)14-23(35)27(24)41-26(37)11-6-17-5-10-20(32)22(34)13-17/h1,3-6,9-13,18,23-24,27,31-35,39H,2,7-8,14-15H2,(H,30,38)/b3-1+,11-6+/t23-,24-,27-,29+/m1/s1. The number of hydrogen-bond donors (Lipinski definition) is 7. The van der Waals surface area contributed by atoms with Crippen LogP contribution in [-0.4, -0.2) is 78.4 Å². The van der Waals surface area contributed by atoms with E-state index in [1.807, 2.05) is 0 Å². The van der Waals surface area contributed by atoms with Crippen molar-refractivity contribution in [3.05, 3.63) is 65.8 Å². The SMILES string of the molecule is O=C(/C=C/c1ccc(O)c(O)c1)O[C@@H]1[C@H](O)C[C@@](O)(C(=O)NC2CC2)C[C@H]1OC(=O)/C=C/Cc1ccc(O)c(O)c1. The number of amides is 1. The van der Waals surface area contributed by atoms with E-state index in [1.54, 1.807) is 6.07 Å². The molecule has 2 saturated carbocycles. The zero-order chi connectivity index (χ0) is 29.7. The Morgan fingerprint density at radius 1 is 0.878 bits per heavy atom. The second-order valence-corrected chi connectivity index (χ2v) is 10.1.